The Morgan fingerprint density at radius 2 is 2.11 bits per heavy atom. The highest BCUT2D eigenvalue weighted by atomic mass is 16.6. The number of nitrogen functional groups attached to an aromatic ring is 1. The maximum absolute atomic E-state index is 11.9. The summed E-state index contributed by atoms with van der Waals surface area (Å²) in [7, 11) is 0. The van der Waals surface area contributed by atoms with Gasteiger partial charge in [-0.1, -0.05) is 13.0 Å². The second kappa shape index (κ2) is 5.75. The molecule has 19 heavy (non-hydrogen) atoms. The van der Waals surface area contributed by atoms with Crippen LogP contribution >= 0.6 is 0 Å². The molecule has 0 aromatic heterocycles. The molecular weight excluding hydrogens is 240 g/mol. The molecule has 1 unspecified atom stereocenters. The van der Waals surface area contributed by atoms with Crippen molar-refractivity contribution < 1.29 is 9.53 Å². The Morgan fingerprint density at radius 3 is 2.58 bits per heavy atom. The molecule has 2 N–H and O–H groups in total. The summed E-state index contributed by atoms with van der Waals surface area (Å²) in [6.45, 7) is 7.36. The number of ether oxygens (including phenoxy) is 1. The quantitative estimate of drug-likeness (QED) is 0.669. The molecule has 0 aliphatic carbocycles. The van der Waals surface area contributed by atoms with Crippen LogP contribution in [0.25, 0.3) is 0 Å². The first-order valence-electron chi connectivity index (χ1n) is 6.24. The number of carbonyl (C=O) groups excluding carboxylic acids is 1. The molecular formula is C15H20N2O2. The van der Waals surface area contributed by atoms with Gasteiger partial charge in [0.1, 0.15) is 11.7 Å². The molecule has 0 saturated heterocycles. The molecule has 1 rings (SSSR count). The zero-order valence-corrected chi connectivity index (χ0v) is 11.9. The molecule has 0 bridgehead atoms. The fourth-order valence-electron chi connectivity index (χ4n) is 1.68. The highest BCUT2D eigenvalue weighted by molar-refractivity contribution is 5.73. The number of nitriles is 1. The largest absolute Gasteiger partial charge is 0.460 e. The lowest BCUT2D eigenvalue weighted by atomic mass is 9.99. The number of carbonyl (C=O) groups is 1. The van der Waals surface area contributed by atoms with Crippen LogP contribution in [0.3, 0.4) is 0 Å². The summed E-state index contributed by atoms with van der Waals surface area (Å²) < 4.78 is 5.32. The van der Waals surface area contributed by atoms with E-state index >= 15 is 0 Å². The number of nitrogens with two attached hydrogens (primary N) is 1. The third kappa shape index (κ3) is 4.63. The van der Waals surface area contributed by atoms with E-state index in [-0.39, 0.29) is 11.9 Å². The van der Waals surface area contributed by atoms with Crippen LogP contribution in [0.15, 0.2) is 18.2 Å². The van der Waals surface area contributed by atoms with E-state index in [2.05, 4.69) is 0 Å². The molecule has 0 saturated carbocycles. The van der Waals surface area contributed by atoms with Gasteiger partial charge in [-0.25, -0.2) is 0 Å². The first-order valence-corrected chi connectivity index (χ1v) is 6.24. The topological polar surface area (TPSA) is 76.1 Å². The predicted molar refractivity (Wildman–Crippen MR) is 74.3 cm³/mol. The van der Waals surface area contributed by atoms with Gasteiger partial charge in [0.15, 0.2) is 0 Å². The van der Waals surface area contributed by atoms with Gasteiger partial charge in [0.25, 0.3) is 0 Å². The lowest BCUT2D eigenvalue weighted by molar-refractivity contribution is -0.159. The average molecular weight is 260 g/mol. The molecule has 0 heterocycles. The van der Waals surface area contributed by atoms with Crippen LogP contribution in [0.4, 0.5) is 5.69 Å². The van der Waals surface area contributed by atoms with Crippen LogP contribution in [0, 0.1) is 17.2 Å². The van der Waals surface area contributed by atoms with Crippen molar-refractivity contribution in [1.82, 2.24) is 0 Å². The predicted octanol–water partition coefficient (Wildman–Crippen LogP) is 2.66. The molecule has 1 aromatic carbocycles. The minimum atomic E-state index is -0.477. The Hall–Kier alpha value is -2.02. The number of anilines is 1. The second-order valence-corrected chi connectivity index (χ2v) is 5.67. The fourth-order valence-corrected chi connectivity index (χ4v) is 1.68. The van der Waals surface area contributed by atoms with Crippen molar-refractivity contribution in [3.05, 3.63) is 29.3 Å². The van der Waals surface area contributed by atoms with Crippen molar-refractivity contribution in [2.45, 2.75) is 39.7 Å². The monoisotopic (exact) mass is 260 g/mol. The van der Waals surface area contributed by atoms with Crippen LogP contribution in [0.2, 0.25) is 0 Å². The first kappa shape index (κ1) is 15.0. The van der Waals surface area contributed by atoms with Gasteiger partial charge >= 0.3 is 5.97 Å². The lowest BCUT2D eigenvalue weighted by Gasteiger charge is -2.22. The number of hydrogen-bond acceptors (Lipinski definition) is 4. The summed E-state index contributed by atoms with van der Waals surface area (Å²) in [6, 6.07) is 7.24. The van der Waals surface area contributed by atoms with Gasteiger partial charge in [-0.3, -0.25) is 4.79 Å². The molecule has 1 atom stereocenters. The summed E-state index contributed by atoms with van der Waals surface area (Å²) in [5.74, 6) is -0.470. The van der Waals surface area contributed by atoms with Gasteiger partial charge in [0, 0.05) is 5.69 Å². The molecule has 0 spiro atoms. The molecule has 0 aliphatic heterocycles. The summed E-state index contributed by atoms with van der Waals surface area (Å²) >= 11 is 0. The maximum Gasteiger partial charge on any atom is 0.309 e. The van der Waals surface area contributed by atoms with E-state index in [4.69, 9.17) is 15.7 Å². The number of esters is 1. The van der Waals surface area contributed by atoms with Crippen molar-refractivity contribution in [3.8, 4) is 6.07 Å². The molecule has 4 nitrogen and oxygen atoms in total. The third-order valence-corrected chi connectivity index (χ3v) is 2.59. The first-order chi connectivity index (χ1) is 8.73. The zero-order chi connectivity index (χ0) is 14.6. The van der Waals surface area contributed by atoms with E-state index in [0.717, 1.165) is 5.56 Å². The normalized spacial score (nSPS) is 12.6. The standard InChI is InChI=1S/C15H20N2O2/c1-10(14(18)19-15(2,3)4)7-11-5-6-12(9-16)13(17)8-11/h5-6,8,10H,7,17H2,1-4H3. The Bertz CT molecular complexity index is 510. The Balaban J connectivity index is 2.72. The van der Waals surface area contributed by atoms with Gasteiger partial charge < -0.3 is 10.5 Å². The van der Waals surface area contributed by atoms with Gasteiger partial charge in [0.05, 0.1) is 11.5 Å². The van der Waals surface area contributed by atoms with Crippen molar-refractivity contribution in [3.63, 3.8) is 0 Å². The van der Waals surface area contributed by atoms with Crippen LogP contribution in [0.1, 0.15) is 38.8 Å². The van der Waals surface area contributed by atoms with Crippen LogP contribution < -0.4 is 5.73 Å². The molecule has 102 valence electrons. The molecule has 4 heteroatoms. The number of hydrogen-bond donors (Lipinski definition) is 1. The van der Waals surface area contributed by atoms with Crippen molar-refractivity contribution in [2.75, 3.05) is 5.73 Å². The van der Waals surface area contributed by atoms with E-state index in [1.54, 1.807) is 12.1 Å². The molecule has 0 radical (unpaired) electrons. The van der Waals surface area contributed by atoms with E-state index in [1.165, 1.54) is 0 Å². The summed E-state index contributed by atoms with van der Waals surface area (Å²) in [5, 5.41) is 8.80. The van der Waals surface area contributed by atoms with Crippen LogP contribution in [-0.2, 0) is 16.0 Å². The highest BCUT2D eigenvalue weighted by Gasteiger charge is 2.21. The fraction of sp³-hybridized carbons (Fsp3) is 0.467. The van der Waals surface area contributed by atoms with E-state index in [9.17, 15) is 4.79 Å². The average Bonchev–Trinajstić information content (AvgIpc) is 2.27. The van der Waals surface area contributed by atoms with Crippen LogP contribution in [-0.4, -0.2) is 11.6 Å². The van der Waals surface area contributed by atoms with Gasteiger partial charge in [0.2, 0.25) is 0 Å². The third-order valence-electron chi connectivity index (χ3n) is 2.59. The lowest BCUT2D eigenvalue weighted by Crippen LogP contribution is -2.28. The maximum atomic E-state index is 11.9. The SMILES string of the molecule is CC(Cc1ccc(C#N)c(N)c1)C(=O)OC(C)(C)C. The minimum Gasteiger partial charge on any atom is -0.460 e. The summed E-state index contributed by atoms with van der Waals surface area (Å²) in [6.07, 6.45) is 0.546. The summed E-state index contributed by atoms with van der Waals surface area (Å²) in [4.78, 5) is 11.9. The van der Waals surface area contributed by atoms with Crippen molar-refractivity contribution >= 4 is 11.7 Å². The smallest absolute Gasteiger partial charge is 0.309 e. The highest BCUT2D eigenvalue weighted by Crippen LogP contribution is 2.18. The molecule has 0 amide bonds. The summed E-state index contributed by atoms with van der Waals surface area (Å²) in [5.41, 5.74) is 7.09. The van der Waals surface area contributed by atoms with Crippen LogP contribution in [0.5, 0.6) is 0 Å². The van der Waals surface area contributed by atoms with Crippen molar-refractivity contribution in [2.24, 2.45) is 5.92 Å². The number of rotatable bonds is 3. The number of nitrogens with zero attached hydrogens (tertiary/aromatic N) is 1. The Labute approximate surface area is 114 Å². The van der Waals surface area contributed by atoms with Crippen molar-refractivity contribution in [1.29, 1.82) is 5.26 Å². The number of benzene rings is 1. The van der Waals surface area contributed by atoms with Gasteiger partial charge in [-0.15, -0.1) is 0 Å². The van der Waals surface area contributed by atoms with E-state index < -0.39 is 5.60 Å². The zero-order valence-electron chi connectivity index (χ0n) is 11.9. The van der Waals surface area contributed by atoms with E-state index in [1.807, 2.05) is 39.8 Å². The molecule has 1 aromatic rings. The van der Waals surface area contributed by atoms with Gasteiger partial charge in [-0.05, 0) is 44.9 Å². The Kier molecular flexibility index (Phi) is 4.55. The minimum absolute atomic E-state index is 0.226. The Morgan fingerprint density at radius 1 is 1.47 bits per heavy atom. The molecule has 0 aliphatic rings. The second-order valence-electron chi connectivity index (χ2n) is 5.67. The van der Waals surface area contributed by atoms with E-state index in [0.29, 0.717) is 17.7 Å². The molecule has 0 fully saturated rings. The van der Waals surface area contributed by atoms with Gasteiger partial charge in [-0.2, -0.15) is 5.26 Å².